The van der Waals surface area contributed by atoms with Crippen molar-refractivity contribution in [2.45, 2.75) is 32.8 Å². The minimum Gasteiger partial charge on any atom is -0.493 e. The van der Waals surface area contributed by atoms with Crippen LogP contribution in [0.2, 0.25) is 0 Å². The van der Waals surface area contributed by atoms with Crippen LogP contribution in [0.5, 0.6) is 11.5 Å². The SMILES string of the molecule is CCCCc1nc2ccc(Br)cc2c(=O)n1N=Cc1cc(I)c(OCc2ccc(Br)cc2Br)c(OC)c1. The van der Waals surface area contributed by atoms with E-state index in [4.69, 9.17) is 14.5 Å². The number of unbranched alkanes of at least 4 members (excludes halogenated alkanes) is 1. The number of ether oxygens (including phenoxy) is 2. The number of methoxy groups -OCH3 is 1. The first kappa shape index (κ1) is 28.3. The number of nitrogens with zero attached hydrogens (tertiary/aromatic N) is 3. The van der Waals surface area contributed by atoms with Gasteiger partial charge in [0.25, 0.3) is 5.56 Å². The highest BCUT2D eigenvalue weighted by molar-refractivity contribution is 14.1. The standard InChI is InChI=1S/C27H23Br3IN3O3/c1-3-4-5-25-33-23-9-8-18(28)12-20(23)27(35)34(25)32-14-16-10-22(31)26(24(11-16)36-2)37-15-17-6-7-19(29)13-21(17)30/h6-14H,3-5,15H2,1-2H3. The Morgan fingerprint density at radius 3 is 2.57 bits per heavy atom. The first-order valence-corrected chi connectivity index (χ1v) is 15.0. The molecule has 0 amide bonds. The van der Waals surface area contributed by atoms with Crippen LogP contribution in [-0.2, 0) is 13.0 Å². The lowest BCUT2D eigenvalue weighted by Gasteiger charge is -2.14. The molecule has 0 saturated carbocycles. The lowest BCUT2D eigenvalue weighted by atomic mass is 10.2. The summed E-state index contributed by atoms with van der Waals surface area (Å²) in [6, 6.07) is 15.3. The second kappa shape index (κ2) is 12.9. The van der Waals surface area contributed by atoms with Gasteiger partial charge in [0, 0.05) is 25.4 Å². The van der Waals surface area contributed by atoms with Crippen molar-refractivity contribution in [3.8, 4) is 11.5 Å². The summed E-state index contributed by atoms with van der Waals surface area (Å²) in [5.74, 6) is 1.87. The number of aromatic nitrogens is 2. The maximum absolute atomic E-state index is 13.3. The molecule has 10 heteroatoms. The molecule has 1 heterocycles. The lowest BCUT2D eigenvalue weighted by molar-refractivity contribution is 0.281. The summed E-state index contributed by atoms with van der Waals surface area (Å²) in [5, 5.41) is 5.07. The van der Waals surface area contributed by atoms with E-state index in [2.05, 4.69) is 82.4 Å². The number of rotatable bonds is 9. The molecule has 0 unspecified atom stereocenters. The third-order valence-electron chi connectivity index (χ3n) is 5.59. The molecule has 4 rings (SSSR count). The Bertz CT molecular complexity index is 1540. The predicted molar refractivity (Wildman–Crippen MR) is 167 cm³/mol. The van der Waals surface area contributed by atoms with E-state index in [0.717, 1.165) is 41.0 Å². The molecule has 0 spiro atoms. The van der Waals surface area contributed by atoms with Crippen LogP contribution in [0.4, 0.5) is 0 Å². The Hall–Kier alpha value is -1.76. The Labute approximate surface area is 254 Å². The molecule has 0 radical (unpaired) electrons. The number of hydrogen-bond donors (Lipinski definition) is 0. The molecule has 0 aliphatic rings. The van der Waals surface area contributed by atoms with Crippen molar-refractivity contribution in [3.63, 3.8) is 0 Å². The maximum Gasteiger partial charge on any atom is 0.282 e. The normalized spacial score (nSPS) is 11.4. The fourth-order valence-electron chi connectivity index (χ4n) is 3.68. The van der Waals surface area contributed by atoms with Crippen LogP contribution in [0, 0.1) is 3.57 Å². The van der Waals surface area contributed by atoms with Crippen LogP contribution in [0.1, 0.15) is 36.7 Å². The van der Waals surface area contributed by atoms with Crippen molar-refractivity contribution in [2.24, 2.45) is 5.10 Å². The lowest BCUT2D eigenvalue weighted by Crippen LogP contribution is -2.22. The van der Waals surface area contributed by atoms with E-state index in [1.54, 1.807) is 19.4 Å². The molecule has 0 aliphatic carbocycles. The van der Waals surface area contributed by atoms with Crippen LogP contribution in [0.15, 0.2) is 71.8 Å². The van der Waals surface area contributed by atoms with Gasteiger partial charge < -0.3 is 9.47 Å². The zero-order valence-electron chi connectivity index (χ0n) is 20.1. The molecule has 3 aromatic carbocycles. The van der Waals surface area contributed by atoms with Gasteiger partial charge in [0.1, 0.15) is 12.4 Å². The molecule has 0 atom stereocenters. The molecule has 0 saturated heterocycles. The summed E-state index contributed by atoms with van der Waals surface area (Å²) in [5.41, 5.74) is 2.26. The van der Waals surface area contributed by atoms with Crippen molar-refractivity contribution < 1.29 is 9.47 Å². The van der Waals surface area contributed by atoms with E-state index >= 15 is 0 Å². The van der Waals surface area contributed by atoms with Crippen LogP contribution in [0.3, 0.4) is 0 Å². The predicted octanol–water partition coefficient (Wildman–Crippen LogP) is 8.10. The molecular weight excluding hydrogens is 781 g/mol. The molecule has 6 nitrogen and oxygen atoms in total. The van der Waals surface area contributed by atoms with Gasteiger partial charge in [0.15, 0.2) is 11.5 Å². The Morgan fingerprint density at radius 1 is 1.08 bits per heavy atom. The van der Waals surface area contributed by atoms with Crippen molar-refractivity contribution >= 4 is 87.5 Å². The first-order chi connectivity index (χ1) is 17.8. The van der Waals surface area contributed by atoms with Gasteiger partial charge in [-0.05, 0) is 77.0 Å². The molecule has 0 aliphatic heterocycles. The van der Waals surface area contributed by atoms with Crippen LogP contribution >= 0.6 is 70.4 Å². The minimum atomic E-state index is -0.199. The number of fused-ring (bicyclic) bond motifs is 1. The summed E-state index contributed by atoms with van der Waals surface area (Å²) in [4.78, 5) is 18.1. The quantitative estimate of drug-likeness (QED) is 0.127. The van der Waals surface area contributed by atoms with Gasteiger partial charge in [-0.15, -0.1) is 0 Å². The van der Waals surface area contributed by atoms with Crippen molar-refractivity contribution in [1.82, 2.24) is 9.66 Å². The van der Waals surface area contributed by atoms with Crippen molar-refractivity contribution in [2.75, 3.05) is 7.11 Å². The molecule has 0 bridgehead atoms. The first-order valence-electron chi connectivity index (χ1n) is 11.5. The van der Waals surface area contributed by atoms with Crippen LogP contribution in [0.25, 0.3) is 10.9 Å². The zero-order chi connectivity index (χ0) is 26.5. The molecule has 0 N–H and O–H groups in total. The van der Waals surface area contributed by atoms with Gasteiger partial charge in [-0.25, -0.2) is 4.98 Å². The summed E-state index contributed by atoms with van der Waals surface area (Å²) in [6.07, 6.45) is 4.22. The zero-order valence-corrected chi connectivity index (χ0v) is 27.0. The fraction of sp³-hybridized carbons (Fsp3) is 0.222. The summed E-state index contributed by atoms with van der Waals surface area (Å²) in [7, 11) is 1.60. The van der Waals surface area contributed by atoms with Crippen LogP contribution in [-0.4, -0.2) is 23.0 Å². The largest absolute Gasteiger partial charge is 0.493 e. The molecule has 4 aromatic rings. The average Bonchev–Trinajstić information content (AvgIpc) is 2.87. The highest BCUT2D eigenvalue weighted by Crippen LogP contribution is 2.35. The van der Waals surface area contributed by atoms with Gasteiger partial charge >= 0.3 is 0 Å². The van der Waals surface area contributed by atoms with E-state index in [1.165, 1.54) is 4.68 Å². The van der Waals surface area contributed by atoms with Crippen molar-refractivity contribution in [1.29, 1.82) is 0 Å². The van der Waals surface area contributed by atoms with Gasteiger partial charge in [-0.3, -0.25) is 4.79 Å². The third kappa shape index (κ3) is 6.82. The van der Waals surface area contributed by atoms with E-state index in [-0.39, 0.29) is 5.56 Å². The molecule has 1 aromatic heterocycles. The smallest absolute Gasteiger partial charge is 0.282 e. The average molecular weight is 804 g/mol. The highest BCUT2D eigenvalue weighted by atomic mass is 127. The Morgan fingerprint density at radius 2 is 1.84 bits per heavy atom. The second-order valence-electron chi connectivity index (χ2n) is 8.21. The molecule has 192 valence electrons. The monoisotopic (exact) mass is 801 g/mol. The Kier molecular flexibility index (Phi) is 9.82. The van der Waals surface area contributed by atoms with E-state index < -0.39 is 0 Å². The molecule has 37 heavy (non-hydrogen) atoms. The number of benzene rings is 3. The second-order valence-corrected chi connectivity index (χ2v) is 12.1. The number of aryl methyl sites for hydroxylation is 1. The maximum atomic E-state index is 13.3. The number of halogens is 4. The Balaban J connectivity index is 1.67. The number of hydrogen-bond acceptors (Lipinski definition) is 5. The third-order valence-corrected chi connectivity index (χ3v) is 8.12. The van der Waals surface area contributed by atoms with Gasteiger partial charge in [-0.1, -0.05) is 67.2 Å². The van der Waals surface area contributed by atoms with Crippen LogP contribution < -0.4 is 15.0 Å². The fourth-order valence-corrected chi connectivity index (χ4v) is 5.98. The van der Waals surface area contributed by atoms with Crippen molar-refractivity contribution in [3.05, 3.63) is 92.8 Å². The van der Waals surface area contributed by atoms with E-state index in [9.17, 15) is 4.79 Å². The minimum absolute atomic E-state index is 0.199. The highest BCUT2D eigenvalue weighted by Gasteiger charge is 2.14. The molecular formula is C27H23Br3IN3O3. The van der Waals surface area contributed by atoms with E-state index in [0.29, 0.717) is 41.3 Å². The summed E-state index contributed by atoms with van der Waals surface area (Å²) >= 11 is 12.7. The van der Waals surface area contributed by atoms with Gasteiger partial charge in [0.05, 0.1) is 27.8 Å². The molecule has 0 fully saturated rings. The van der Waals surface area contributed by atoms with Gasteiger partial charge in [-0.2, -0.15) is 9.78 Å². The summed E-state index contributed by atoms with van der Waals surface area (Å²) < 4.78 is 16.8. The summed E-state index contributed by atoms with van der Waals surface area (Å²) in [6.45, 7) is 2.49. The topological polar surface area (TPSA) is 65.7 Å². The van der Waals surface area contributed by atoms with Gasteiger partial charge in [0.2, 0.25) is 0 Å². The van der Waals surface area contributed by atoms with E-state index in [1.807, 2.05) is 42.5 Å².